The number of hydrogen-bond acceptors (Lipinski definition) is 3. The van der Waals surface area contributed by atoms with E-state index in [1.54, 1.807) is 6.07 Å². The van der Waals surface area contributed by atoms with Gasteiger partial charge < -0.3 is 4.74 Å². The van der Waals surface area contributed by atoms with Crippen LogP contribution in [0.1, 0.15) is 16.1 Å². The Morgan fingerprint density at radius 1 is 1.20 bits per heavy atom. The van der Waals surface area contributed by atoms with Gasteiger partial charge in [0.25, 0.3) is 0 Å². The zero-order valence-corrected chi connectivity index (χ0v) is 11.3. The number of nitrogens with zero attached hydrogens (tertiary/aromatic N) is 2. The van der Waals surface area contributed by atoms with Crippen molar-refractivity contribution in [3.63, 3.8) is 0 Å². The fraction of sp³-hybridized carbons (Fsp3) is 0.125. The first-order valence-corrected chi connectivity index (χ1v) is 6.33. The first-order chi connectivity index (χ1) is 9.70. The van der Waals surface area contributed by atoms with Gasteiger partial charge in [0.15, 0.2) is 0 Å². The lowest BCUT2D eigenvalue weighted by Crippen LogP contribution is -2.01. The Hall–Kier alpha value is -2.62. The van der Waals surface area contributed by atoms with Crippen LogP contribution >= 0.6 is 0 Å². The largest absolute Gasteiger partial charge is 0.465 e. The summed E-state index contributed by atoms with van der Waals surface area (Å²) in [4.78, 5) is 16.2. The SMILES string of the molecule is COC(=O)c1cccc(-c2c(C)nc3ccccn23)c1. The summed E-state index contributed by atoms with van der Waals surface area (Å²) in [5, 5.41) is 0. The second-order valence-electron chi connectivity index (χ2n) is 4.55. The molecule has 0 aliphatic carbocycles. The smallest absolute Gasteiger partial charge is 0.337 e. The average molecular weight is 266 g/mol. The summed E-state index contributed by atoms with van der Waals surface area (Å²) >= 11 is 0. The van der Waals surface area contributed by atoms with Gasteiger partial charge in [0, 0.05) is 11.8 Å². The number of fused-ring (bicyclic) bond motifs is 1. The number of imidazole rings is 1. The molecule has 20 heavy (non-hydrogen) atoms. The molecule has 0 unspecified atom stereocenters. The molecule has 100 valence electrons. The standard InChI is InChI=1S/C16H14N2O2/c1-11-15(18-9-4-3-8-14(18)17-11)12-6-5-7-13(10-12)16(19)20-2/h3-10H,1-2H3. The second kappa shape index (κ2) is 4.81. The Labute approximate surface area is 116 Å². The van der Waals surface area contributed by atoms with Crippen LogP contribution in [0.3, 0.4) is 0 Å². The molecular weight excluding hydrogens is 252 g/mol. The van der Waals surface area contributed by atoms with E-state index in [9.17, 15) is 4.79 Å². The van der Waals surface area contributed by atoms with Gasteiger partial charge in [-0.25, -0.2) is 9.78 Å². The Balaban J connectivity index is 2.21. The van der Waals surface area contributed by atoms with Crippen molar-refractivity contribution in [3.8, 4) is 11.3 Å². The van der Waals surface area contributed by atoms with Crippen molar-refractivity contribution >= 4 is 11.6 Å². The fourth-order valence-corrected chi connectivity index (χ4v) is 2.37. The maximum atomic E-state index is 11.6. The van der Waals surface area contributed by atoms with Crippen LogP contribution in [0.15, 0.2) is 48.7 Å². The number of hydrogen-bond donors (Lipinski definition) is 0. The molecule has 2 heterocycles. The molecule has 0 saturated carbocycles. The summed E-state index contributed by atoms with van der Waals surface area (Å²) < 4.78 is 6.78. The van der Waals surface area contributed by atoms with Crippen molar-refractivity contribution < 1.29 is 9.53 Å². The molecule has 0 aliphatic rings. The second-order valence-corrected chi connectivity index (χ2v) is 4.55. The highest BCUT2D eigenvalue weighted by atomic mass is 16.5. The molecule has 0 bridgehead atoms. The fourth-order valence-electron chi connectivity index (χ4n) is 2.37. The minimum absolute atomic E-state index is 0.335. The van der Waals surface area contributed by atoms with E-state index >= 15 is 0 Å². The van der Waals surface area contributed by atoms with E-state index in [1.165, 1.54) is 7.11 Å². The summed E-state index contributed by atoms with van der Waals surface area (Å²) in [5.74, 6) is -0.335. The van der Waals surface area contributed by atoms with Gasteiger partial charge in [0.2, 0.25) is 0 Å². The van der Waals surface area contributed by atoms with Gasteiger partial charge in [0.1, 0.15) is 5.65 Å². The van der Waals surface area contributed by atoms with Crippen LogP contribution in [0, 0.1) is 6.92 Å². The van der Waals surface area contributed by atoms with Gasteiger partial charge in [0.05, 0.1) is 24.1 Å². The number of methoxy groups -OCH3 is 1. The van der Waals surface area contributed by atoms with Gasteiger partial charge in [-0.3, -0.25) is 4.40 Å². The van der Waals surface area contributed by atoms with E-state index in [2.05, 4.69) is 4.98 Å². The zero-order valence-electron chi connectivity index (χ0n) is 11.3. The molecule has 0 N–H and O–H groups in total. The topological polar surface area (TPSA) is 43.6 Å². The monoisotopic (exact) mass is 266 g/mol. The van der Waals surface area contributed by atoms with E-state index in [-0.39, 0.29) is 5.97 Å². The van der Waals surface area contributed by atoms with Crippen LogP contribution in [-0.2, 0) is 4.74 Å². The molecule has 3 rings (SSSR count). The molecule has 3 aromatic rings. The Bertz CT molecular complexity index is 790. The maximum absolute atomic E-state index is 11.6. The van der Waals surface area contributed by atoms with Crippen molar-refractivity contribution in [2.45, 2.75) is 6.92 Å². The lowest BCUT2D eigenvalue weighted by Gasteiger charge is -2.05. The zero-order chi connectivity index (χ0) is 14.1. The normalized spacial score (nSPS) is 10.7. The number of ether oxygens (including phenoxy) is 1. The number of carbonyl (C=O) groups excluding carboxylic acids is 1. The minimum atomic E-state index is -0.335. The van der Waals surface area contributed by atoms with Crippen LogP contribution in [0.4, 0.5) is 0 Å². The van der Waals surface area contributed by atoms with Gasteiger partial charge in [-0.1, -0.05) is 18.2 Å². The summed E-state index contributed by atoms with van der Waals surface area (Å²) in [6.45, 7) is 1.97. The number of aromatic nitrogens is 2. The Kier molecular flexibility index (Phi) is 2.99. The highest BCUT2D eigenvalue weighted by Crippen LogP contribution is 2.25. The third kappa shape index (κ3) is 1.95. The summed E-state index contributed by atoms with van der Waals surface area (Å²) in [6, 6.07) is 13.3. The number of benzene rings is 1. The lowest BCUT2D eigenvalue weighted by molar-refractivity contribution is 0.0601. The summed E-state index contributed by atoms with van der Waals surface area (Å²) in [5.41, 5.74) is 4.30. The molecule has 1 aromatic carbocycles. The Morgan fingerprint density at radius 3 is 2.85 bits per heavy atom. The van der Waals surface area contributed by atoms with Crippen LogP contribution < -0.4 is 0 Å². The lowest BCUT2D eigenvalue weighted by atomic mass is 10.1. The van der Waals surface area contributed by atoms with Gasteiger partial charge >= 0.3 is 5.97 Å². The molecule has 0 atom stereocenters. The van der Waals surface area contributed by atoms with Crippen molar-refractivity contribution in [2.24, 2.45) is 0 Å². The van der Waals surface area contributed by atoms with Crippen LogP contribution in [-0.4, -0.2) is 22.5 Å². The summed E-state index contributed by atoms with van der Waals surface area (Å²) in [6.07, 6.45) is 1.97. The molecular formula is C16H14N2O2. The average Bonchev–Trinajstić information content (AvgIpc) is 2.82. The predicted octanol–water partition coefficient (Wildman–Crippen LogP) is 3.10. The van der Waals surface area contributed by atoms with E-state index in [0.29, 0.717) is 5.56 Å². The highest BCUT2D eigenvalue weighted by molar-refractivity contribution is 5.91. The van der Waals surface area contributed by atoms with Gasteiger partial charge in [-0.2, -0.15) is 0 Å². The van der Waals surface area contributed by atoms with E-state index in [0.717, 1.165) is 22.6 Å². The van der Waals surface area contributed by atoms with Crippen LogP contribution in [0.25, 0.3) is 16.9 Å². The highest BCUT2D eigenvalue weighted by Gasteiger charge is 2.12. The van der Waals surface area contributed by atoms with Crippen LogP contribution in [0.5, 0.6) is 0 Å². The maximum Gasteiger partial charge on any atom is 0.337 e. The van der Waals surface area contributed by atoms with Crippen molar-refractivity contribution in [1.82, 2.24) is 9.38 Å². The van der Waals surface area contributed by atoms with Crippen molar-refractivity contribution in [2.75, 3.05) is 7.11 Å². The van der Waals surface area contributed by atoms with E-state index in [4.69, 9.17) is 4.74 Å². The van der Waals surface area contributed by atoms with Crippen LogP contribution in [0.2, 0.25) is 0 Å². The predicted molar refractivity (Wildman–Crippen MR) is 76.7 cm³/mol. The van der Waals surface area contributed by atoms with Crippen molar-refractivity contribution in [1.29, 1.82) is 0 Å². The number of aryl methyl sites for hydroxylation is 1. The Morgan fingerprint density at radius 2 is 2.05 bits per heavy atom. The number of rotatable bonds is 2. The third-order valence-corrected chi connectivity index (χ3v) is 3.26. The molecule has 4 nitrogen and oxygen atoms in total. The number of pyridine rings is 1. The van der Waals surface area contributed by atoms with E-state index < -0.39 is 0 Å². The van der Waals surface area contributed by atoms with E-state index in [1.807, 2.05) is 53.9 Å². The molecule has 0 spiro atoms. The molecule has 2 aromatic heterocycles. The first kappa shape index (κ1) is 12.4. The molecule has 0 saturated heterocycles. The number of esters is 1. The molecule has 0 radical (unpaired) electrons. The molecule has 0 amide bonds. The minimum Gasteiger partial charge on any atom is -0.465 e. The third-order valence-electron chi connectivity index (χ3n) is 3.26. The molecule has 4 heteroatoms. The van der Waals surface area contributed by atoms with Crippen molar-refractivity contribution in [3.05, 3.63) is 59.9 Å². The molecule has 0 aliphatic heterocycles. The molecule has 0 fully saturated rings. The van der Waals surface area contributed by atoms with Gasteiger partial charge in [-0.15, -0.1) is 0 Å². The quantitative estimate of drug-likeness (QED) is 0.669. The first-order valence-electron chi connectivity index (χ1n) is 6.33. The van der Waals surface area contributed by atoms with Gasteiger partial charge in [-0.05, 0) is 31.2 Å². The number of carbonyl (C=O) groups is 1. The summed E-state index contributed by atoms with van der Waals surface area (Å²) in [7, 11) is 1.38.